The molecule has 0 aliphatic rings. The molecule has 0 aromatic carbocycles. The summed E-state index contributed by atoms with van der Waals surface area (Å²) in [6.07, 6.45) is 2.44. The molecule has 0 aromatic rings. The molecule has 3 N–H and O–H groups in total. The molecule has 0 saturated heterocycles. The van der Waals surface area contributed by atoms with Crippen molar-refractivity contribution >= 4 is 5.91 Å². The zero-order chi connectivity index (χ0) is 7.11. The predicted molar refractivity (Wildman–Crippen MR) is 37.0 cm³/mol. The minimum atomic E-state index is -0.203. The second kappa shape index (κ2) is 5.56. The molecule has 0 saturated carbocycles. The molecular formula is C6H14N2O. The fourth-order valence-electron chi connectivity index (χ4n) is 0.601. The fraction of sp³-hybridized carbons (Fsp3) is 0.833. The van der Waals surface area contributed by atoms with Gasteiger partial charge >= 0.3 is 0 Å². The highest BCUT2D eigenvalue weighted by Crippen LogP contribution is 1.90. The Kier molecular flexibility index (Phi) is 5.21. The second-order valence-electron chi connectivity index (χ2n) is 2.03. The van der Waals surface area contributed by atoms with E-state index in [1.165, 1.54) is 0 Å². The Balaban J connectivity index is 2.83. The number of hydrogen-bond acceptors (Lipinski definition) is 2. The summed E-state index contributed by atoms with van der Waals surface area (Å²) in [5, 5.41) is 2.99. The summed E-state index contributed by atoms with van der Waals surface area (Å²) in [7, 11) is 1.89. The van der Waals surface area contributed by atoms with Crippen LogP contribution in [0.25, 0.3) is 0 Å². The van der Waals surface area contributed by atoms with Gasteiger partial charge in [-0.1, -0.05) is 0 Å². The van der Waals surface area contributed by atoms with Gasteiger partial charge < -0.3 is 11.1 Å². The lowest BCUT2D eigenvalue weighted by Crippen LogP contribution is -2.12. The highest BCUT2D eigenvalue weighted by atomic mass is 16.1. The van der Waals surface area contributed by atoms with Crippen molar-refractivity contribution in [2.24, 2.45) is 5.73 Å². The van der Waals surface area contributed by atoms with Gasteiger partial charge in [0.05, 0.1) is 0 Å². The normalized spacial score (nSPS) is 9.44. The van der Waals surface area contributed by atoms with E-state index < -0.39 is 0 Å². The molecule has 9 heavy (non-hydrogen) atoms. The summed E-state index contributed by atoms with van der Waals surface area (Å²) in [4.78, 5) is 10.2. The molecule has 0 aliphatic heterocycles. The summed E-state index contributed by atoms with van der Waals surface area (Å²) in [5.74, 6) is -0.203. The second-order valence-corrected chi connectivity index (χ2v) is 2.03. The molecule has 0 rings (SSSR count). The van der Waals surface area contributed by atoms with Gasteiger partial charge in [-0.15, -0.1) is 0 Å². The third-order valence-electron chi connectivity index (χ3n) is 1.10. The van der Waals surface area contributed by atoms with E-state index in [0.717, 1.165) is 19.4 Å². The number of hydrogen-bond donors (Lipinski definition) is 2. The minimum Gasteiger partial charge on any atom is -0.370 e. The Labute approximate surface area is 55.6 Å². The predicted octanol–water partition coefficient (Wildman–Crippen LogP) is -0.139. The molecule has 0 bridgehead atoms. The van der Waals surface area contributed by atoms with Crippen molar-refractivity contribution < 1.29 is 4.79 Å². The highest BCUT2D eigenvalue weighted by Gasteiger charge is 1.91. The third kappa shape index (κ3) is 7.43. The lowest BCUT2D eigenvalue weighted by Gasteiger charge is -1.95. The Morgan fingerprint density at radius 1 is 1.56 bits per heavy atom. The Morgan fingerprint density at radius 3 is 2.67 bits per heavy atom. The van der Waals surface area contributed by atoms with Crippen molar-refractivity contribution in [2.45, 2.75) is 19.3 Å². The molecule has 0 radical (unpaired) electrons. The lowest BCUT2D eigenvalue weighted by molar-refractivity contribution is -0.118. The number of nitrogens with one attached hydrogen (secondary N) is 1. The van der Waals surface area contributed by atoms with Gasteiger partial charge in [-0.25, -0.2) is 0 Å². The zero-order valence-electron chi connectivity index (χ0n) is 5.81. The quantitative estimate of drug-likeness (QED) is 0.509. The number of primary amides is 1. The minimum absolute atomic E-state index is 0.203. The molecule has 0 spiro atoms. The molecule has 0 aliphatic carbocycles. The summed E-state index contributed by atoms with van der Waals surface area (Å²) < 4.78 is 0. The van der Waals surface area contributed by atoms with Crippen molar-refractivity contribution in [3.05, 3.63) is 0 Å². The number of carbonyl (C=O) groups is 1. The van der Waals surface area contributed by atoms with Gasteiger partial charge in [-0.2, -0.15) is 0 Å². The first-order valence-electron chi connectivity index (χ1n) is 3.20. The molecule has 54 valence electrons. The van der Waals surface area contributed by atoms with Crippen molar-refractivity contribution in [3.8, 4) is 0 Å². The Bertz CT molecular complexity index is 83.1. The molecular weight excluding hydrogens is 116 g/mol. The van der Waals surface area contributed by atoms with Crippen molar-refractivity contribution in [2.75, 3.05) is 13.6 Å². The van der Waals surface area contributed by atoms with E-state index in [4.69, 9.17) is 5.73 Å². The van der Waals surface area contributed by atoms with Crippen LogP contribution in [0.15, 0.2) is 0 Å². The molecule has 0 unspecified atom stereocenters. The molecule has 0 fully saturated rings. The van der Waals surface area contributed by atoms with Gasteiger partial charge in [0.25, 0.3) is 0 Å². The van der Waals surface area contributed by atoms with Gasteiger partial charge in [0.2, 0.25) is 5.91 Å². The SMILES string of the molecule is CNCCCCC(N)=O. The Morgan fingerprint density at radius 2 is 2.22 bits per heavy atom. The van der Waals surface area contributed by atoms with Gasteiger partial charge in [-0.3, -0.25) is 4.79 Å². The van der Waals surface area contributed by atoms with Crippen LogP contribution in [-0.2, 0) is 4.79 Å². The topological polar surface area (TPSA) is 55.1 Å². The van der Waals surface area contributed by atoms with Crippen LogP contribution in [0.2, 0.25) is 0 Å². The summed E-state index contributed by atoms with van der Waals surface area (Å²) in [5.41, 5.74) is 4.92. The zero-order valence-corrected chi connectivity index (χ0v) is 5.81. The van der Waals surface area contributed by atoms with E-state index in [9.17, 15) is 4.79 Å². The standard InChI is InChI=1S/C6H14N2O/c1-8-5-3-2-4-6(7)9/h8H,2-5H2,1H3,(H2,7,9). The van der Waals surface area contributed by atoms with Crippen LogP contribution < -0.4 is 11.1 Å². The van der Waals surface area contributed by atoms with E-state index in [-0.39, 0.29) is 5.91 Å². The summed E-state index contributed by atoms with van der Waals surface area (Å²) in [6.45, 7) is 0.966. The molecule has 0 aromatic heterocycles. The van der Waals surface area contributed by atoms with Crippen molar-refractivity contribution in [1.82, 2.24) is 5.32 Å². The van der Waals surface area contributed by atoms with Crippen molar-refractivity contribution in [3.63, 3.8) is 0 Å². The molecule has 0 heterocycles. The van der Waals surface area contributed by atoms with Crippen LogP contribution in [0, 0.1) is 0 Å². The first kappa shape index (κ1) is 8.43. The monoisotopic (exact) mass is 130 g/mol. The van der Waals surface area contributed by atoms with Crippen molar-refractivity contribution in [1.29, 1.82) is 0 Å². The molecule has 3 heteroatoms. The fourth-order valence-corrected chi connectivity index (χ4v) is 0.601. The van der Waals surface area contributed by atoms with Gasteiger partial charge in [0, 0.05) is 6.42 Å². The number of nitrogens with two attached hydrogens (primary N) is 1. The average Bonchev–Trinajstić information content (AvgIpc) is 1.80. The van der Waals surface area contributed by atoms with Crippen LogP contribution >= 0.6 is 0 Å². The average molecular weight is 130 g/mol. The smallest absolute Gasteiger partial charge is 0.217 e. The third-order valence-corrected chi connectivity index (χ3v) is 1.10. The number of rotatable bonds is 5. The van der Waals surface area contributed by atoms with E-state index in [2.05, 4.69) is 5.32 Å². The molecule has 0 atom stereocenters. The van der Waals surface area contributed by atoms with E-state index in [1.54, 1.807) is 0 Å². The van der Waals surface area contributed by atoms with Gasteiger partial charge in [-0.05, 0) is 26.4 Å². The van der Waals surface area contributed by atoms with Crippen LogP contribution in [0.3, 0.4) is 0 Å². The van der Waals surface area contributed by atoms with Crippen LogP contribution in [0.1, 0.15) is 19.3 Å². The number of amides is 1. The maximum Gasteiger partial charge on any atom is 0.217 e. The van der Waals surface area contributed by atoms with E-state index >= 15 is 0 Å². The van der Waals surface area contributed by atoms with E-state index in [0.29, 0.717) is 6.42 Å². The maximum absolute atomic E-state index is 10.2. The number of carbonyl (C=O) groups excluding carboxylic acids is 1. The van der Waals surface area contributed by atoms with Crippen LogP contribution in [0.4, 0.5) is 0 Å². The lowest BCUT2D eigenvalue weighted by atomic mass is 10.2. The van der Waals surface area contributed by atoms with E-state index in [1.807, 2.05) is 7.05 Å². The molecule has 1 amide bonds. The Hall–Kier alpha value is -0.570. The highest BCUT2D eigenvalue weighted by molar-refractivity contribution is 5.73. The maximum atomic E-state index is 10.2. The summed E-state index contributed by atoms with van der Waals surface area (Å²) >= 11 is 0. The molecule has 3 nitrogen and oxygen atoms in total. The van der Waals surface area contributed by atoms with Gasteiger partial charge in [0.1, 0.15) is 0 Å². The number of unbranched alkanes of at least 4 members (excludes halogenated alkanes) is 1. The van der Waals surface area contributed by atoms with Crippen LogP contribution in [0.5, 0.6) is 0 Å². The summed E-state index contributed by atoms with van der Waals surface area (Å²) in [6, 6.07) is 0. The first-order valence-corrected chi connectivity index (χ1v) is 3.20. The first-order chi connectivity index (χ1) is 4.27. The largest absolute Gasteiger partial charge is 0.370 e. The van der Waals surface area contributed by atoms with Crippen LogP contribution in [-0.4, -0.2) is 19.5 Å². The van der Waals surface area contributed by atoms with Gasteiger partial charge in [0.15, 0.2) is 0 Å².